The molecule has 2 atom stereocenters. The quantitative estimate of drug-likeness (QED) is 0.827. The monoisotopic (exact) mass is 236 g/mol. The minimum absolute atomic E-state index is 0.314. The van der Waals surface area contributed by atoms with Crippen LogP contribution in [0, 0.1) is 23.2 Å². The Morgan fingerprint density at radius 3 is 2.88 bits per heavy atom. The SMILES string of the molecule is N#Cc1ccsc1NC(=O)[C@@H]1C[C@@H]1C(=O)O. The Bertz CT molecular complexity index is 488. The molecule has 0 aliphatic heterocycles. The molecule has 1 aliphatic carbocycles. The van der Waals surface area contributed by atoms with Crippen molar-refractivity contribution in [3.8, 4) is 6.07 Å². The molecule has 16 heavy (non-hydrogen) atoms. The Labute approximate surface area is 95.3 Å². The maximum absolute atomic E-state index is 11.6. The second kappa shape index (κ2) is 3.94. The molecule has 2 N–H and O–H groups in total. The summed E-state index contributed by atoms with van der Waals surface area (Å²) in [4.78, 5) is 22.2. The molecular weight excluding hydrogens is 228 g/mol. The van der Waals surface area contributed by atoms with Gasteiger partial charge < -0.3 is 10.4 Å². The van der Waals surface area contributed by atoms with Gasteiger partial charge in [0.2, 0.25) is 5.91 Å². The number of amides is 1. The topological polar surface area (TPSA) is 90.2 Å². The number of carboxylic acids is 1. The van der Waals surface area contributed by atoms with Crippen molar-refractivity contribution in [2.24, 2.45) is 11.8 Å². The number of nitrogens with zero attached hydrogens (tertiary/aromatic N) is 1. The minimum atomic E-state index is -0.938. The van der Waals surface area contributed by atoms with E-state index in [1.54, 1.807) is 11.4 Å². The van der Waals surface area contributed by atoms with Gasteiger partial charge in [-0.3, -0.25) is 9.59 Å². The van der Waals surface area contributed by atoms with Crippen LogP contribution in [0.3, 0.4) is 0 Å². The highest BCUT2D eigenvalue weighted by Crippen LogP contribution is 2.40. The predicted octanol–water partition coefficient (Wildman–Crippen LogP) is 1.28. The first-order chi connectivity index (χ1) is 7.63. The Kier molecular flexibility index (Phi) is 2.62. The Morgan fingerprint density at radius 2 is 2.31 bits per heavy atom. The molecule has 1 fully saturated rings. The first kappa shape index (κ1) is 10.6. The van der Waals surface area contributed by atoms with E-state index in [-0.39, 0.29) is 5.91 Å². The van der Waals surface area contributed by atoms with Gasteiger partial charge in [-0.05, 0) is 17.9 Å². The number of rotatable bonds is 3. The first-order valence-electron chi connectivity index (χ1n) is 4.64. The van der Waals surface area contributed by atoms with Gasteiger partial charge in [0.25, 0.3) is 0 Å². The number of hydrogen-bond donors (Lipinski definition) is 2. The van der Waals surface area contributed by atoms with Crippen LogP contribution in [0.15, 0.2) is 11.4 Å². The van der Waals surface area contributed by atoms with Gasteiger partial charge in [0.15, 0.2) is 0 Å². The highest BCUT2D eigenvalue weighted by molar-refractivity contribution is 7.14. The third-order valence-corrected chi connectivity index (χ3v) is 3.30. The van der Waals surface area contributed by atoms with Gasteiger partial charge in [-0.15, -0.1) is 11.3 Å². The molecule has 0 radical (unpaired) electrons. The van der Waals surface area contributed by atoms with Crippen LogP contribution in [-0.2, 0) is 9.59 Å². The van der Waals surface area contributed by atoms with Crippen LogP contribution in [0.5, 0.6) is 0 Å². The van der Waals surface area contributed by atoms with Crippen molar-refractivity contribution < 1.29 is 14.7 Å². The largest absolute Gasteiger partial charge is 0.481 e. The third-order valence-electron chi connectivity index (χ3n) is 2.47. The maximum Gasteiger partial charge on any atom is 0.307 e. The number of carbonyl (C=O) groups is 2. The van der Waals surface area contributed by atoms with Crippen LogP contribution in [0.1, 0.15) is 12.0 Å². The zero-order chi connectivity index (χ0) is 11.7. The molecule has 1 aliphatic rings. The van der Waals surface area contributed by atoms with Crippen LogP contribution in [0.2, 0.25) is 0 Å². The van der Waals surface area contributed by atoms with E-state index in [0.717, 1.165) is 0 Å². The maximum atomic E-state index is 11.6. The number of aliphatic carboxylic acids is 1. The molecule has 5 nitrogen and oxygen atoms in total. The van der Waals surface area contributed by atoms with Crippen molar-refractivity contribution in [3.63, 3.8) is 0 Å². The van der Waals surface area contributed by atoms with Crippen molar-refractivity contribution in [2.75, 3.05) is 5.32 Å². The summed E-state index contributed by atoms with van der Waals surface area (Å²) in [5, 5.41) is 22.2. The van der Waals surface area contributed by atoms with Crippen molar-refractivity contribution >= 4 is 28.2 Å². The fraction of sp³-hybridized carbons (Fsp3) is 0.300. The molecule has 0 spiro atoms. The van der Waals surface area contributed by atoms with E-state index in [0.29, 0.717) is 17.0 Å². The predicted molar refractivity (Wildman–Crippen MR) is 56.9 cm³/mol. The van der Waals surface area contributed by atoms with Crippen LogP contribution >= 0.6 is 11.3 Å². The average molecular weight is 236 g/mol. The van der Waals surface area contributed by atoms with Gasteiger partial charge in [-0.2, -0.15) is 5.26 Å². The van der Waals surface area contributed by atoms with Gasteiger partial charge in [-0.25, -0.2) is 0 Å². The van der Waals surface area contributed by atoms with Crippen LogP contribution in [0.25, 0.3) is 0 Å². The molecule has 6 heteroatoms. The Morgan fingerprint density at radius 1 is 1.56 bits per heavy atom. The summed E-state index contributed by atoms with van der Waals surface area (Å²) < 4.78 is 0. The lowest BCUT2D eigenvalue weighted by Gasteiger charge is -2.01. The molecule has 1 amide bonds. The number of thiophene rings is 1. The normalized spacial score (nSPS) is 22.2. The Balaban J connectivity index is 2.00. The van der Waals surface area contributed by atoms with E-state index in [1.165, 1.54) is 11.3 Å². The number of nitriles is 1. The van der Waals surface area contributed by atoms with Gasteiger partial charge in [0, 0.05) is 0 Å². The molecule has 1 aromatic rings. The summed E-state index contributed by atoms with van der Waals surface area (Å²) in [6.07, 6.45) is 0.383. The van der Waals surface area contributed by atoms with E-state index < -0.39 is 17.8 Å². The van der Waals surface area contributed by atoms with Crippen LogP contribution in [0.4, 0.5) is 5.00 Å². The molecule has 1 heterocycles. The van der Waals surface area contributed by atoms with Gasteiger partial charge in [0.05, 0.1) is 17.4 Å². The number of carbonyl (C=O) groups excluding carboxylic acids is 1. The highest BCUT2D eigenvalue weighted by Gasteiger charge is 2.48. The van der Waals surface area contributed by atoms with Gasteiger partial charge >= 0.3 is 5.97 Å². The van der Waals surface area contributed by atoms with Crippen LogP contribution < -0.4 is 5.32 Å². The van der Waals surface area contributed by atoms with E-state index in [1.807, 2.05) is 6.07 Å². The van der Waals surface area contributed by atoms with Crippen molar-refractivity contribution in [2.45, 2.75) is 6.42 Å². The van der Waals surface area contributed by atoms with E-state index in [9.17, 15) is 9.59 Å². The molecule has 1 aromatic heterocycles. The number of carboxylic acid groups (broad SMARTS) is 1. The van der Waals surface area contributed by atoms with Crippen molar-refractivity contribution in [1.82, 2.24) is 0 Å². The highest BCUT2D eigenvalue weighted by atomic mass is 32.1. The van der Waals surface area contributed by atoms with E-state index in [4.69, 9.17) is 10.4 Å². The smallest absolute Gasteiger partial charge is 0.307 e. The molecule has 82 valence electrons. The molecule has 0 unspecified atom stereocenters. The van der Waals surface area contributed by atoms with Gasteiger partial charge in [-0.1, -0.05) is 0 Å². The zero-order valence-electron chi connectivity index (χ0n) is 8.14. The first-order valence-corrected chi connectivity index (χ1v) is 5.52. The average Bonchev–Trinajstić information content (AvgIpc) is 2.94. The fourth-order valence-electron chi connectivity index (χ4n) is 1.46. The molecule has 0 aromatic carbocycles. The summed E-state index contributed by atoms with van der Waals surface area (Å²) in [5.74, 6) is -2.27. The Hall–Kier alpha value is -1.87. The second-order valence-corrected chi connectivity index (χ2v) is 4.47. The molecule has 0 bridgehead atoms. The number of nitrogens with one attached hydrogen (secondary N) is 1. The second-order valence-electron chi connectivity index (χ2n) is 3.55. The summed E-state index contributed by atoms with van der Waals surface area (Å²) in [7, 11) is 0. The lowest BCUT2D eigenvalue weighted by Crippen LogP contribution is -2.16. The molecule has 2 rings (SSSR count). The summed E-state index contributed by atoms with van der Waals surface area (Å²) in [6.45, 7) is 0. The standard InChI is InChI=1S/C10H8N2O3S/c11-4-5-1-2-16-9(5)12-8(13)6-3-7(6)10(14)15/h1-2,6-7H,3H2,(H,12,13)(H,14,15)/t6-,7+/m1/s1. The van der Waals surface area contributed by atoms with E-state index >= 15 is 0 Å². The summed E-state index contributed by atoms with van der Waals surface area (Å²) in [6, 6.07) is 3.57. The third kappa shape index (κ3) is 1.90. The number of anilines is 1. The van der Waals surface area contributed by atoms with Gasteiger partial charge in [0.1, 0.15) is 11.1 Å². The number of hydrogen-bond acceptors (Lipinski definition) is 4. The summed E-state index contributed by atoms with van der Waals surface area (Å²) >= 11 is 1.26. The van der Waals surface area contributed by atoms with Crippen LogP contribution in [-0.4, -0.2) is 17.0 Å². The molecular formula is C10H8N2O3S. The summed E-state index contributed by atoms with van der Waals surface area (Å²) in [5.41, 5.74) is 0.408. The molecule has 0 saturated heterocycles. The fourth-order valence-corrected chi connectivity index (χ4v) is 2.20. The minimum Gasteiger partial charge on any atom is -0.481 e. The lowest BCUT2D eigenvalue weighted by atomic mass is 10.3. The van der Waals surface area contributed by atoms with Crippen molar-refractivity contribution in [3.05, 3.63) is 17.0 Å². The zero-order valence-corrected chi connectivity index (χ0v) is 8.95. The van der Waals surface area contributed by atoms with Crippen molar-refractivity contribution in [1.29, 1.82) is 5.26 Å². The lowest BCUT2D eigenvalue weighted by molar-refractivity contribution is -0.139. The molecule has 1 saturated carbocycles. The van der Waals surface area contributed by atoms with E-state index in [2.05, 4.69) is 5.32 Å².